The summed E-state index contributed by atoms with van der Waals surface area (Å²) in [4.78, 5) is 37.7. The van der Waals surface area contributed by atoms with Gasteiger partial charge in [0.05, 0.1) is 0 Å². The van der Waals surface area contributed by atoms with Gasteiger partial charge in [-0.3, -0.25) is 14.4 Å². The topological polar surface area (TPSA) is 78.9 Å². The Labute approximate surface area is 351 Å². The predicted molar refractivity (Wildman–Crippen MR) is 242 cm³/mol. The molecule has 0 saturated heterocycles. The standard InChI is InChI=1S/C51H88O6/c1-4-7-10-13-16-19-21-23-25-26-27-29-30-32-35-38-41-44-50(53)56-47-48(46-55-49(52)43-40-37-34-18-15-12-9-6-3)57-51(54)45-42-39-36-33-31-28-24-22-20-17-14-11-8-5-2/h7,10,16,19,23,25,27,29,32,35,48H,4-6,8-9,11-15,17-18,20-22,24,26,28,30-31,33-34,36-47H2,1-3H3/b10-7-,19-16-,25-23-,29-27-,35-32-. The van der Waals surface area contributed by atoms with Gasteiger partial charge in [-0.15, -0.1) is 0 Å². The molecule has 57 heavy (non-hydrogen) atoms. The van der Waals surface area contributed by atoms with Gasteiger partial charge in [0.25, 0.3) is 0 Å². The second kappa shape index (κ2) is 45.8. The highest BCUT2D eigenvalue weighted by Crippen LogP contribution is 2.15. The van der Waals surface area contributed by atoms with E-state index in [-0.39, 0.29) is 37.5 Å². The molecule has 0 fully saturated rings. The molecule has 0 saturated carbocycles. The second-order valence-electron chi connectivity index (χ2n) is 15.6. The summed E-state index contributed by atoms with van der Waals surface area (Å²) in [6.07, 6.45) is 55.0. The van der Waals surface area contributed by atoms with Gasteiger partial charge in [0.1, 0.15) is 13.2 Å². The minimum Gasteiger partial charge on any atom is -0.462 e. The zero-order valence-corrected chi connectivity index (χ0v) is 37.3. The largest absolute Gasteiger partial charge is 0.462 e. The number of ether oxygens (including phenoxy) is 3. The van der Waals surface area contributed by atoms with Crippen LogP contribution in [0, 0.1) is 0 Å². The van der Waals surface area contributed by atoms with E-state index in [1.54, 1.807) is 0 Å². The molecule has 0 heterocycles. The van der Waals surface area contributed by atoms with E-state index in [0.717, 1.165) is 77.0 Å². The highest BCUT2D eigenvalue weighted by atomic mass is 16.6. The van der Waals surface area contributed by atoms with Crippen LogP contribution in [0.15, 0.2) is 60.8 Å². The molecule has 0 spiro atoms. The Balaban J connectivity index is 4.41. The van der Waals surface area contributed by atoms with Crippen molar-refractivity contribution in [2.24, 2.45) is 0 Å². The minimum absolute atomic E-state index is 0.0896. The normalized spacial score (nSPS) is 12.5. The summed E-state index contributed by atoms with van der Waals surface area (Å²) in [5.41, 5.74) is 0. The molecule has 0 amide bonds. The Hall–Kier alpha value is -2.89. The predicted octanol–water partition coefficient (Wildman–Crippen LogP) is 15.3. The van der Waals surface area contributed by atoms with E-state index in [1.165, 1.54) is 103 Å². The molecular weight excluding hydrogens is 709 g/mol. The molecule has 6 heteroatoms. The van der Waals surface area contributed by atoms with Gasteiger partial charge < -0.3 is 14.2 Å². The first-order chi connectivity index (χ1) is 28.0. The van der Waals surface area contributed by atoms with Crippen LogP contribution in [-0.2, 0) is 28.6 Å². The van der Waals surface area contributed by atoms with E-state index in [9.17, 15) is 14.4 Å². The lowest BCUT2D eigenvalue weighted by molar-refractivity contribution is -0.167. The van der Waals surface area contributed by atoms with Crippen molar-refractivity contribution in [1.82, 2.24) is 0 Å². The lowest BCUT2D eigenvalue weighted by Crippen LogP contribution is -2.30. The molecule has 6 nitrogen and oxygen atoms in total. The Morgan fingerprint density at radius 3 is 1.07 bits per heavy atom. The van der Waals surface area contributed by atoms with Crippen LogP contribution in [0.25, 0.3) is 0 Å². The van der Waals surface area contributed by atoms with Crippen LogP contribution in [0.3, 0.4) is 0 Å². The average Bonchev–Trinajstić information content (AvgIpc) is 3.21. The molecule has 0 aromatic heterocycles. The zero-order valence-electron chi connectivity index (χ0n) is 37.3. The van der Waals surface area contributed by atoms with Gasteiger partial charge in [0.2, 0.25) is 0 Å². The maximum Gasteiger partial charge on any atom is 0.306 e. The first-order valence-corrected chi connectivity index (χ1v) is 23.8. The Morgan fingerprint density at radius 2 is 0.684 bits per heavy atom. The lowest BCUT2D eigenvalue weighted by atomic mass is 10.0. The average molecular weight is 797 g/mol. The molecule has 0 aromatic rings. The molecule has 0 N–H and O–H groups in total. The van der Waals surface area contributed by atoms with Crippen LogP contribution in [0.1, 0.15) is 226 Å². The molecule has 0 bridgehead atoms. The zero-order chi connectivity index (χ0) is 41.5. The Kier molecular flexibility index (Phi) is 43.5. The smallest absolute Gasteiger partial charge is 0.306 e. The van der Waals surface area contributed by atoms with Crippen molar-refractivity contribution in [2.45, 2.75) is 232 Å². The van der Waals surface area contributed by atoms with E-state index in [0.29, 0.717) is 19.3 Å². The highest BCUT2D eigenvalue weighted by molar-refractivity contribution is 5.71. The van der Waals surface area contributed by atoms with Crippen LogP contribution < -0.4 is 0 Å². The molecular formula is C51H88O6. The second-order valence-corrected chi connectivity index (χ2v) is 15.6. The van der Waals surface area contributed by atoms with Crippen molar-refractivity contribution >= 4 is 17.9 Å². The van der Waals surface area contributed by atoms with Gasteiger partial charge in [-0.05, 0) is 57.8 Å². The number of esters is 3. The van der Waals surface area contributed by atoms with Crippen molar-refractivity contribution in [1.29, 1.82) is 0 Å². The van der Waals surface area contributed by atoms with Crippen LogP contribution in [0.5, 0.6) is 0 Å². The van der Waals surface area contributed by atoms with Gasteiger partial charge in [-0.25, -0.2) is 0 Å². The molecule has 0 aliphatic carbocycles. The minimum atomic E-state index is -0.790. The van der Waals surface area contributed by atoms with Crippen LogP contribution in [0.4, 0.5) is 0 Å². The fraction of sp³-hybridized carbons (Fsp3) is 0.745. The highest BCUT2D eigenvalue weighted by Gasteiger charge is 2.19. The Morgan fingerprint density at radius 1 is 0.368 bits per heavy atom. The summed E-state index contributed by atoms with van der Waals surface area (Å²) in [6.45, 7) is 6.44. The third-order valence-electron chi connectivity index (χ3n) is 10.0. The van der Waals surface area contributed by atoms with Crippen molar-refractivity contribution in [3.8, 4) is 0 Å². The van der Waals surface area contributed by atoms with Crippen LogP contribution in [0.2, 0.25) is 0 Å². The van der Waals surface area contributed by atoms with E-state index in [2.05, 4.69) is 81.5 Å². The van der Waals surface area contributed by atoms with Gasteiger partial charge in [-0.1, -0.05) is 210 Å². The van der Waals surface area contributed by atoms with E-state index in [4.69, 9.17) is 14.2 Å². The molecule has 0 aliphatic rings. The van der Waals surface area contributed by atoms with E-state index >= 15 is 0 Å². The summed E-state index contributed by atoms with van der Waals surface area (Å²) in [6, 6.07) is 0. The van der Waals surface area contributed by atoms with Gasteiger partial charge in [0.15, 0.2) is 6.10 Å². The molecule has 0 aliphatic heterocycles. The fourth-order valence-electron chi connectivity index (χ4n) is 6.48. The molecule has 328 valence electrons. The van der Waals surface area contributed by atoms with Crippen LogP contribution in [-0.4, -0.2) is 37.2 Å². The summed E-state index contributed by atoms with van der Waals surface area (Å²) in [7, 11) is 0. The SMILES string of the molecule is CC/C=C\C/C=C\C/C=C\C/C=C\C/C=C\CCCC(=O)OCC(COC(=O)CCCCCCCCCC)OC(=O)CCCCCCCCCCCCCCCC. The first kappa shape index (κ1) is 54.1. The number of unbranched alkanes of at least 4 members (excludes halogenated alkanes) is 21. The number of carbonyl (C=O) groups is 3. The third kappa shape index (κ3) is 44.1. The number of allylic oxidation sites excluding steroid dienone is 10. The Bertz CT molecular complexity index is 1050. The van der Waals surface area contributed by atoms with Crippen molar-refractivity contribution in [2.75, 3.05) is 13.2 Å². The monoisotopic (exact) mass is 797 g/mol. The number of carbonyl (C=O) groups excluding carboxylic acids is 3. The molecule has 0 radical (unpaired) electrons. The van der Waals surface area contributed by atoms with Gasteiger partial charge in [0, 0.05) is 19.3 Å². The van der Waals surface area contributed by atoms with Gasteiger partial charge in [-0.2, -0.15) is 0 Å². The maximum atomic E-state index is 12.7. The van der Waals surface area contributed by atoms with Gasteiger partial charge >= 0.3 is 17.9 Å². The molecule has 1 atom stereocenters. The third-order valence-corrected chi connectivity index (χ3v) is 10.0. The summed E-state index contributed by atoms with van der Waals surface area (Å²) < 4.78 is 16.7. The van der Waals surface area contributed by atoms with Crippen LogP contribution >= 0.6 is 0 Å². The quantitative estimate of drug-likeness (QED) is 0.0265. The maximum absolute atomic E-state index is 12.7. The first-order valence-electron chi connectivity index (χ1n) is 23.8. The number of hydrogen-bond acceptors (Lipinski definition) is 6. The van der Waals surface area contributed by atoms with Crippen molar-refractivity contribution in [3.05, 3.63) is 60.8 Å². The van der Waals surface area contributed by atoms with E-state index < -0.39 is 6.10 Å². The number of rotatable bonds is 42. The van der Waals surface area contributed by atoms with E-state index in [1.807, 2.05) is 0 Å². The fourth-order valence-corrected chi connectivity index (χ4v) is 6.48. The van der Waals surface area contributed by atoms with Crippen molar-refractivity contribution in [3.63, 3.8) is 0 Å². The lowest BCUT2D eigenvalue weighted by Gasteiger charge is -2.18. The molecule has 0 aromatic carbocycles. The molecule has 1 unspecified atom stereocenters. The molecule has 0 rings (SSSR count). The summed E-state index contributed by atoms with van der Waals surface area (Å²) in [5.74, 6) is -0.953. The summed E-state index contributed by atoms with van der Waals surface area (Å²) >= 11 is 0. The van der Waals surface area contributed by atoms with Crippen molar-refractivity contribution < 1.29 is 28.6 Å². The summed E-state index contributed by atoms with van der Waals surface area (Å²) in [5, 5.41) is 0. The number of hydrogen-bond donors (Lipinski definition) is 0.